The number of benzene rings is 1. The molecular weight excluding hydrogens is 267 g/mol. The molecule has 2 rings (SSSR count). The molecule has 1 saturated heterocycles. The Balaban J connectivity index is 2.00. The molecule has 1 aliphatic rings. The van der Waals surface area contributed by atoms with Gasteiger partial charge >= 0.3 is 0 Å². The average Bonchev–Trinajstić information content (AvgIpc) is 2.41. The Morgan fingerprint density at radius 2 is 2.16 bits per heavy atom. The van der Waals surface area contributed by atoms with Crippen LogP contribution in [-0.2, 0) is 10.5 Å². The highest BCUT2D eigenvalue weighted by Gasteiger charge is 2.36. The van der Waals surface area contributed by atoms with E-state index in [0.29, 0.717) is 43.1 Å². The Bertz CT molecular complexity index is 459. The topological polar surface area (TPSA) is 32.3 Å². The van der Waals surface area contributed by atoms with Gasteiger partial charge in [0.1, 0.15) is 5.67 Å². The van der Waals surface area contributed by atoms with Crippen molar-refractivity contribution in [3.8, 4) is 0 Å². The number of hydrogen-bond donors (Lipinski definition) is 1. The monoisotopic (exact) mass is 284 g/mol. The molecule has 19 heavy (non-hydrogen) atoms. The van der Waals surface area contributed by atoms with Crippen molar-refractivity contribution in [1.29, 1.82) is 0 Å². The molecule has 1 fully saturated rings. The van der Waals surface area contributed by atoms with Gasteiger partial charge in [0.2, 0.25) is 5.91 Å². The zero-order chi connectivity index (χ0) is 13.9. The highest BCUT2D eigenvalue weighted by Crippen LogP contribution is 2.37. The lowest BCUT2D eigenvalue weighted by molar-refractivity contribution is -0.122. The molecule has 1 aromatic rings. The third-order valence-electron chi connectivity index (χ3n) is 3.64. The van der Waals surface area contributed by atoms with E-state index in [0.717, 1.165) is 0 Å². The first-order chi connectivity index (χ1) is 9.03. The van der Waals surface area contributed by atoms with E-state index in [1.807, 2.05) is 4.90 Å². The maximum Gasteiger partial charge on any atom is 0.233 e. The SMILES string of the molecule is CNC(=O)CN1CCC(F)(c2cccc(Cl)c2)CC1. The lowest BCUT2D eigenvalue weighted by Crippen LogP contribution is -2.44. The number of rotatable bonds is 3. The van der Waals surface area contributed by atoms with Crippen LogP contribution in [0.4, 0.5) is 4.39 Å². The number of nitrogens with zero attached hydrogens (tertiary/aromatic N) is 1. The summed E-state index contributed by atoms with van der Waals surface area (Å²) in [6.07, 6.45) is 0.786. The third-order valence-corrected chi connectivity index (χ3v) is 3.87. The summed E-state index contributed by atoms with van der Waals surface area (Å²) in [6, 6.07) is 6.99. The van der Waals surface area contributed by atoms with E-state index in [9.17, 15) is 9.18 Å². The molecule has 0 unspecified atom stereocenters. The quantitative estimate of drug-likeness (QED) is 0.924. The van der Waals surface area contributed by atoms with Gasteiger partial charge in [-0.05, 0) is 30.5 Å². The second kappa shape index (κ2) is 5.88. The molecule has 5 heteroatoms. The fraction of sp³-hybridized carbons (Fsp3) is 0.500. The lowest BCUT2D eigenvalue weighted by Gasteiger charge is -2.36. The third kappa shape index (κ3) is 3.45. The molecule has 0 saturated carbocycles. The van der Waals surface area contributed by atoms with Gasteiger partial charge in [-0.2, -0.15) is 0 Å². The maximum atomic E-state index is 14.9. The highest BCUT2D eigenvalue weighted by atomic mass is 35.5. The molecule has 3 nitrogen and oxygen atoms in total. The first kappa shape index (κ1) is 14.3. The number of likely N-dealkylation sites (N-methyl/N-ethyl adjacent to an activating group) is 1. The fourth-order valence-electron chi connectivity index (χ4n) is 2.40. The summed E-state index contributed by atoms with van der Waals surface area (Å²) < 4.78 is 14.9. The predicted molar refractivity (Wildman–Crippen MR) is 74.0 cm³/mol. The van der Waals surface area contributed by atoms with Gasteiger partial charge in [0.05, 0.1) is 6.54 Å². The fourth-order valence-corrected chi connectivity index (χ4v) is 2.59. The molecule has 0 atom stereocenters. The van der Waals surface area contributed by atoms with Crippen LogP contribution in [-0.4, -0.2) is 37.5 Å². The molecule has 0 aromatic heterocycles. The van der Waals surface area contributed by atoms with Crippen molar-refractivity contribution >= 4 is 17.5 Å². The second-order valence-electron chi connectivity index (χ2n) is 4.92. The average molecular weight is 285 g/mol. The standard InChI is InChI=1S/C14H18ClFN2O/c1-17-13(19)10-18-7-5-14(16,6-8-18)11-3-2-4-12(15)9-11/h2-4,9H,5-8,10H2,1H3,(H,17,19). The van der Waals surface area contributed by atoms with Crippen molar-refractivity contribution < 1.29 is 9.18 Å². The minimum Gasteiger partial charge on any atom is -0.358 e. The van der Waals surface area contributed by atoms with Crippen LogP contribution >= 0.6 is 11.6 Å². The molecule has 1 amide bonds. The Kier molecular flexibility index (Phi) is 4.42. The Hall–Kier alpha value is -1.13. The number of carbonyl (C=O) groups is 1. The van der Waals surface area contributed by atoms with E-state index in [1.165, 1.54) is 0 Å². The molecule has 1 aromatic carbocycles. The van der Waals surface area contributed by atoms with Crippen LogP contribution in [0.3, 0.4) is 0 Å². The molecule has 0 spiro atoms. The van der Waals surface area contributed by atoms with Crippen molar-refractivity contribution in [1.82, 2.24) is 10.2 Å². The summed E-state index contributed by atoms with van der Waals surface area (Å²) in [5.74, 6) is -0.0332. The Labute approximate surface area is 117 Å². The van der Waals surface area contributed by atoms with Gasteiger partial charge in [-0.15, -0.1) is 0 Å². The Morgan fingerprint density at radius 3 is 2.74 bits per heavy atom. The number of piperidine rings is 1. The molecule has 0 radical (unpaired) electrons. The van der Waals surface area contributed by atoms with Crippen LogP contribution in [0.1, 0.15) is 18.4 Å². The van der Waals surface area contributed by atoms with Gasteiger partial charge in [0.15, 0.2) is 0 Å². The zero-order valence-corrected chi connectivity index (χ0v) is 11.7. The molecular formula is C14H18ClFN2O. The van der Waals surface area contributed by atoms with Crippen LogP contribution in [0.15, 0.2) is 24.3 Å². The number of likely N-dealkylation sites (tertiary alicyclic amines) is 1. The summed E-state index contributed by atoms with van der Waals surface area (Å²) in [6.45, 7) is 1.50. The van der Waals surface area contributed by atoms with E-state index >= 15 is 0 Å². The normalized spacial score (nSPS) is 19.1. The zero-order valence-electron chi connectivity index (χ0n) is 11.0. The largest absolute Gasteiger partial charge is 0.358 e. The summed E-state index contributed by atoms with van der Waals surface area (Å²) >= 11 is 5.91. The van der Waals surface area contributed by atoms with Crippen molar-refractivity contribution in [2.45, 2.75) is 18.5 Å². The summed E-state index contributed by atoms with van der Waals surface area (Å²) in [4.78, 5) is 13.3. The molecule has 0 aliphatic carbocycles. The van der Waals surface area contributed by atoms with E-state index in [2.05, 4.69) is 5.32 Å². The number of nitrogens with one attached hydrogen (secondary N) is 1. The van der Waals surface area contributed by atoms with Gasteiger partial charge in [0, 0.05) is 25.2 Å². The number of alkyl halides is 1. The van der Waals surface area contributed by atoms with Crippen LogP contribution in [0.25, 0.3) is 0 Å². The van der Waals surface area contributed by atoms with E-state index in [-0.39, 0.29) is 5.91 Å². The van der Waals surface area contributed by atoms with Gasteiger partial charge < -0.3 is 5.32 Å². The molecule has 104 valence electrons. The summed E-state index contributed by atoms with van der Waals surface area (Å²) in [5, 5.41) is 3.14. The van der Waals surface area contributed by atoms with Crippen LogP contribution in [0, 0.1) is 0 Å². The number of amides is 1. The minimum absolute atomic E-state index is 0.0332. The maximum absolute atomic E-state index is 14.9. The van der Waals surface area contributed by atoms with Gasteiger partial charge in [-0.3, -0.25) is 9.69 Å². The molecule has 1 N–H and O–H groups in total. The Morgan fingerprint density at radius 1 is 1.47 bits per heavy atom. The van der Waals surface area contributed by atoms with Gasteiger partial charge in [0.25, 0.3) is 0 Å². The van der Waals surface area contributed by atoms with E-state index < -0.39 is 5.67 Å². The smallest absolute Gasteiger partial charge is 0.233 e. The second-order valence-corrected chi connectivity index (χ2v) is 5.36. The summed E-state index contributed by atoms with van der Waals surface area (Å²) in [7, 11) is 1.61. The molecule has 1 heterocycles. The lowest BCUT2D eigenvalue weighted by atomic mass is 9.86. The number of carbonyl (C=O) groups excluding carboxylic acids is 1. The van der Waals surface area contributed by atoms with Crippen molar-refractivity contribution in [3.05, 3.63) is 34.9 Å². The first-order valence-corrected chi connectivity index (χ1v) is 6.79. The van der Waals surface area contributed by atoms with Gasteiger partial charge in [-0.25, -0.2) is 4.39 Å². The number of hydrogen-bond acceptors (Lipinski definition) is 2. The van der Waals surface area contributed by atoms with E-state index in [1.54, 1.807) is 31.3 Å². The van der Waals surface area contributed by atoms with Crippen molar-refractivity contribution in [2.24, 2.45) is 0 Å². The minimum atomic E-state index is -1.33. The molecule has 0 bridgehead atoms. The predicted octanol–water partition coefficient (Wildman–Crippen LogP) is 2.35. The van der Waals surface area contributed by atoms with Crippen LogP contribution in [0.2, 0.25) is 5.02 Å². The molecule has 1 aliphatic heterocycles. The first-order valence-electron chi connectivity index (χ1n) is 6.41. The van der Waals surface area contributed by atoms with Crippen LogP contribution in [0.5, 0.6) is 0 Å². The summed E-state index contributed by atoms with van der Waals surface area (Å²) in [5.41, 5.74) is -0.691. The van der Waals surface area contributed by atoms with E-state index in [4.69, 9.17) is 11.6 Å². The van der Waals surface area contributed by atoms with Gasteiger partial charge in [-0.1, -0.05) is 23.7 Å². The van der Waals surface area contributed by atoms with Crippen molar-refractivity contribution in [3.63, 3.8) is 0 Å². The van der Waals surface area contributed by atoms with Crippen LogP contribution < -0.4 is 5.32 Å². The van der Waals surface area contributed by atoms with Crippen molar-refractivity contribution in [2.75, 3.05) is 26.7 Å². The number of halogens is 2. The highest BCUT2D eigenvalue weighted by molar-refractivity contribution is 6.30.